The largest absolute Gasteiger partial charge is 0.396 e. The van der Waals surface area contributed by atoms with Crippen LogP contribution in [0.3, 0.4) is 0 Å². The van der Waals surface area contributed by atoms with E-state index in [9.17, 15) is 0 Å². The molecule has 0 bridgehead atoms. The first-order chi connectivity index (χ1) is 12.3. The Balaban J connectivity index is 1.80. The molecule has 2 N–H and O–H groups in total. The lowest BCUT2D eigenvalue weighted by Gasteiger charge is -2.08. The lowest BCUT2D eigenvalue weighted by atomic mass is 10.0. The van der Waals surface area contributed by atoms with Gasteiger partial charge in [0.25, 0.3) is 0 Å². The number of thiophene rings is 2. The Morgan fingerprint density at radius 2 is 1.92 bits per heavy atom. The molecule has 0 saturated carbocycles. The number of nitrogens with two attached hydrogens (primary N) is 1. The molecule has 0 aliphatic carbocycles. The van der Waals surface area contributed by atoms with Gasteiger partial charge in [0.2, 0.25) is 0 Å². The normalized spacial score (nSPS) is 11.8. The minimum Gasteiger partial charge on any atom is -0.396 e. The third kappa shape index (κ3) is 3.02. The highest BCUT2D eigenvalue weighted by molar-refractivity contribution is 7.13. The second-order valence-corrected chi connectivity index (χ2v) is 7.52. The van der Waals surface area contributed by atoms with Crippen LogP contribution < -0.4 is 5.73 Å². The maximum absolute atomic E-state index is 6.41. The molecule has 4 aromatic rings. The number of rotatable bonds is 4. The molecule has 2 nitrogen and oxygen atoms in total. The van der Waals surface area contributed by atoms with Gasteiger partial charge in [0, 0.05) is 32.5 Å². The molecule has 4 rings (SSSR count). The highest BCUT2D eigenvalue weighted by atomic mass is 32.1. The number of aromatic nitrogens is 1. The molecule has 0 unspecified atom stereocenters. The Bertz CT molecular complexity index is 1060. The Morgan fingerprint density at radius 1 is 1.08 bits per heavy atom. The van der Waals surface area contributed by atoms with E-state index in [1.807, 2.05) is 24.4 Å². The molecular weight excluding hydrogens is 344 g/mol. The van der Waals surface area contributed by atoms with Crippen molar-refractivity contribution < 1.29 is 0 Å². The van der Waals surface area contributed by atoms with E-state index in [-0.39, 0.29) is 0 Å². The highest BCUT2D eigenvalue weighted by Crippen LogP contribution is 2.32. The smallest absolute Gasteiger partial charge is 0.0937 e. The Hall–Kier alpha value is -2.69. The monoisotopic (exact) mass is 360 g/mol. The molecular formula is C21H16N2S2. The van der Waals surface area contributed by atoms with Crippen LogP contribution in [-0.2, 0) is 0 Å². The van der Waals surface area contributed by atoms with Gasteiger partial charge in [0.1, 0.15) is 0 Å². The van der Waals surface area contributed by atoms with Crippen LogP contribution in [0.1, 0.15) is 10.4 Å². The minimum absolute atomic E-state index is 0.700. The molecule has 0 aliphatic rings. The van der Waals surface area contributed by atoms with Gasteiger partial charge < -0.3 is 5.73 Å². The number of allylic oxidation sites excluding steroid dienone is 2. The molecule has 1 aromatic carbocycles. The number of fused-ring (bicyclic) bond motifs is 1. The van der Waals surface area contributed by atoms with E-state index in [1.165, 1.54) is 9.75 Å². The second kappa shape index (κ2) is 6.67. The van der Waals surface area contributed by atoms with Gasteiger partial charge in [-0.15, -0.1) is 22.7 Å². The summed E-state index contributed by atoms with van der Waals surface area (Å²) < 4.78 is 0. The van der Waals surface area contributed by atoms with Crippen molar-refractivity contribution in [1.82, 2.24) is 4.98 Å². The van der Waals surface area contributed by atoms with Crippen LogP contribution in [0.4, 0.5) is 5.69 Å². The van der Waals surface area contributed by atoms with Crippen molar-refractivity contribution >= 4 is 50.9 Å². The predicted molar refractivity (Wildman–Crippen MR) is 112 cm³/mol. The SMILES string of the molecule is C=C/C(=C\c1ccc2cc(-c3cccs3)cnc2c1N)c1cccs1. The van der Waals surface area contributed by atoms with Crippen molar-refractivity contribution in [3.63, 3.8) is 0 Å². The third-order valence-corrected chi connectivity index (χ3v) is 5.91. The summed E-state index contributed by atoms with van der Waals surface area (Å²) in [6.07, 6.45) is 5.83. The molecule has 4 heteroatoms. The molecule has 0 aliphatic heterocycles. The fraction of sp³-hybridized carbons (Fsp3) is 0. The van der Waals surface area contributed by atoms with Gasteiger partial charge >= 0.3 is 0 Å². The number of nitrogen functional groups attached to an aromatic ring is 1. The molecule has 25 heavy (non-hydrogen) atoms. The van der Waals surface area contributed by atoms with E-state index in [0.29, 0.717) is 5.69 Å². The van der Waals surface area contributed by atoms with Crippen LogP contribution in [-0.4, -0.2) is 4.98 Å². The summed E-state index contributed by atoms with van der Waals surface area (Å²) in [5.74, 6) is 0. The summed E-state index contributed by atoms with van der Waals surface area (Å²) in [7, 11) is 0. The molecule has 0 radical (unpaired) electrons. The first-order valence-electron chi connectivity index (χ1n) is 7.86. The highest BCUT2D eigenvalue weighted by Gasteiger charge is 2.08. The fourth-order valence-electron chi connectivity index (χ4n) is 2.78. The van der Waals surface area contributed by atoms with Crippen LogP contribution >= 0.6 is 22.7 Å². The van der Waals surface area contributed by atoms with Crippen molar-refractivity contribution in [3.05, 3.63) is 82.5 Å². The van der Waals surface area contributed by atoms with Gasteiger partial charge in [-0.25, -0.2) is 0 Å². The standard InChI is InChI=1S/C21H16N2S2/c1-2-14(18-5-3-9-24-18)11-15-7-8-16-12-17(19-6-4-10-25-19)13-23-21(16)20(15)22/h2-13H,1,22H2/b14-11+. The molecule has 3 aromatic heterocycles. The maximum atomic E-state index is 6.41. The number of hydrogen-bond donors (Lipinski definition) is 1. The molecule has 3 heterocycles. The zero-order chi connectivity index (χ0) is 17.2. The topological polar surface area (TPSA) is 38.9 Å². The van der Waals surface area contributed by atoms with Crippen molar-refractivity contribution in [2.45, 2.75) is 0 Å². The van der Waals surface area contributed by atoms with Gasteiger partial charge in [-0.05, 0) is 40.6 Å². The predicted octanol–water partition coefficient (Wildman–Crippen LogP) is 6.33. The number of benzene rings is 1. The van der Waals surface area contributed by atoms with Crippen LogP contribution in [0.2, 0.25) is 0 Å². The van der Waals surface area contributed by atoms with E-state index >= 15 is 0 Å². The minimum atomic E-state index is 0.700. The number of anilines is 1. The molecule has 0 saturated heterocycles. The van der Waals surface area contributed by atoms with Crippen LogP contribution in [0, 0.1) is 0 Å². The van der Waals surface area contributed by atoms with Crippen LogP contribution in [0.5, 0.6) is 0 Å². The average molecular weight is 361 g/mol. The summed E-state index contributed by atoms with van der Waals surface area (Å²) in [5, 5.41) is 5.18. The first kappa shape index (κ1) is 15.8. The first-order valence-corrected chi connectivity index (χ1v) is 9.62. The van der Waals surface area contributed by atoms with Gasteiger partial charge in [-0.2, -0.15) is 0 Å². The van der Waals surface area contributed by atoms with Gasteiger partial charge in [0.05, 0.1) is 11.2 Å². The number of nitrogens with zero attached hydrogens (tertiary/aromatic N) is 1. The van der Waals surface area contributed by atoms with E-state index in [1.54, 1.807) is 22.7 Å². The van der Waals surface area contributed by atoms with Gasteiger partial charge in [-0.1, -0.05) is 36.9 Å². The van der Waals surface area contributed by atoms with Crippen molar-refractivity contribution in [1.29, 1.82) is 0 Å². The van der Waals surface area contributed by atoms with E-state index in [0.717, 1.165) is 27.6 Å². The third-order valence-electron chi connectivity index (χ3n) is 4.07. The summed E-state index contributed by atoms with van der Waals surface area (Å²) in [6.45, 7) is 3.93. The van der Waals surface area contributed by atoms with Gasteiger partial charge in [0.15, 0.2) is 0 Å². The Labute approximate surface area is 154 Å². The lowest BCUT2D eigenvalue weighted by molar-refractivity contribution is 1.41. The lowest BCUT2D eigenvalue weighted by Crippen LogP contribution is -1.94. The maximum Gasteiger partial charge on any atom is 0.0937 e. The van der Waals surface area contributed by atoms with Crippen molar-refractivity contribution in [3.8, 4) is 10.4 Å². The molecule has 0 fully saturated rings. The Morgan fingerprint density at radius 3 is 2.64 bits per heavy atom. The second-order valence-electron chi connectivity index (χ2n) is 5.62. The number of hydrogen-bond acceptors (Lipinski definition) is 4. The number of pyridine rings is 1. The molecule has 0 amide bonds. The summed E-state index contributed by atoms with van der Waals surface area (Å²) >= 11 is 3.40. The van der Waals surface area contributed by atoms with Gasteiger partial charge in [-0.3, -0.25) is 4.98 Å². The van der Waals surface area contributed by atoms with Crippen molar-refractivity contribution in [2.75, 3.05) is 5.73 Å². The Kier molecular flexibility index (Phi) is 4.22. The molecule has 0 spiro atoms. The van der Waals surface area contributed by atoms with Crippen LogP contribution in [0.25, 0.3) is 33.0 Å². The van der Waals surface area contributed by atoms with Crippen LogP contribution in [0.15, 0.2) is 72.1 Å². The average Bonchev–Trinajstić information content (AvgIpc) is 3.35. The summed E-state index contributed by atoms with van der Waals surface area (Å²) in [6, 6.07) is 14.5. The molecule has 122 valence electrons. The molecule has 0 atom stereocenters. The van der Waals surface area contributed by atoms with E-state index in [4.69, 9.17) is 5.73 Å². The zero-order valence-corrected chi connectivity index (χ0v) is 15.1. The summed E-state index contributed by atoms with van der Waals surface area (Å²) in [4.78, 5) is 7.01. The van der Waals surface area contributed by atoms with E-state index in [2.05, 4.69) is 58.7 Å². The van der Waals surface area contributed by atoms with E-state index < -0.39 is 0 Å². The fourth-order valence-corrected chi connectivity index (χ4v) is 4.23. The quantitative estimate of drug-likeness (QED) is 0.341. The zero-order valence-electron chi connectivity index (χ0n) is 13.5. The summed E-state index contributed by atoms with van der Waals surface area (Å²) in [5.41, 5.74) is 11.1. The van der Waals surface area contributed by atoms with Crippen molar-refractivity contribution in [2.24, 2.45) is 0 Å².